The summed E-state index contributed by atoms with van der Waals surface area (Å²) >= 11 is 0. The van der Waals surface area contributed by atoms with Gasteiger partial charge in [0.1, 0.15) is 12.7 Å². The smallest absolute Gasteiger partial charge is 0.212 e. The molecule has 5 heteroatoms. The van der Waals surface area contributed by atoms with Gasteiger partial charge in [-0.2, -0.15) is 0 Å². The molecule has 0 aliphatic heterocycles. The first-order valence-electron chi connectivity index (χ1n) is 8.25. The summed E-state index contributed by atoms with van der Waals surface area (Å²) in [6.45, 7) is 13.4. The molecule has 1 N–H and O–H groups in total. The minimum absolute atomic E-state index is 0.0157. The molecule has 0 saturated heterocycles. The predicted molar refractivity (Wildman–Crippen MR) is 93.4 cm³/mol. The Morgan fingerprint density at radius 1 is 1.30 bits per heavy atom. The van der Waals surface area contributed by atoms with Crippen molar-refractivity contribution in [2.24, 2.45) is 10.9 Å². The molecule has 23 heavy (non-hydrogen) atoms. The highest BCUT2D eigenvalue weighted by Gasteiger charge is 2.31. The maximum Gasteiger partial charge on any atom is 0.212 e. The Bertz CT molecular complexity index is 461. The van der Waals surface area contributed by atoms with E-state index < -0.39 is 0 Å². The Kier molecular flexibility index (Phi) is 8.03. The van der Waals surface area contributed by atoms with Gasteiger partial charge in [0.25, 0.3) is 0 Å². The number of aliphatic imine (C=N–C) groups is 1. The lowest BCUT2D eigenvalue weighted by atomic mass is 9.89. The maximum atomic E-state index is 11.5. The number of nitrogens with zero attached hydrogens (tertiary/aromatic N) is 1. The highest BCUT2D eigenvalue weighted by molar-refractivity contribution is 5.81. The number of allylic oxidation sites excluding steroid dienone is 3. The van der Waals surface area contributed by atoms with Gasteiger partial charge in [0.15, 0.2) is 5.78 Å². The molecule has 0 heterocycles. The van der Waals surface area contributed by atoms with Gasteiger partial charge in [0.2, 0.25) is 5.88 Å². The van der Waals surface area contributed by atoms with Gasteiger partial charge in [-0.15, -0.1) is 0 Å². The van der Waals surface area contributed by atoms with Crippen LogP contribution in [0.25, 0.3) is 0 Å². The largest absolute Gasteiger partial charge is 0.490 e. The first-order chi connectivity index (χ1) is 10.8. The number of ether oxygens (including phenoxy) is 2. The number of hydrogen-bond donors (Lipinski definition) is 1. The van der Waals surface area contributed by atoms with E-state index >= 15 is 0 Å². The van der Waals surface area contributed by atoms with Gasteiger partial charge in [-0.05, 0) is 32.6 Å². The molecular formula is C18H30N2O3. The van der Waals surface area contributed by atoms with Crippen LogP contribution in [0.15, 0.2) is 28.8 Å². The van der Waals surface area contributed by atoms with E-state index in [1.807, 2.05) is 13.8 Å². The van der Waals surface area contributed by atoms with E-state index in [-0.39, 0.29) is 24.4 Å². The normalized spacial score (nSPS) is 22.0. The van der Waals surface area contributed by atoms with Crippen LogP contribution in [0.5, 0.6) is 0 Å². The molecule has 1 fully saturated rings. The topological polar surface area (TPSA) is 59.9 Å². The lowest BCUT2D eigenvalue weighted by Crippen LogP contribution is -2.47. The van der Waals surface area contributed by atoms with Gasteiger partial charge in [0.05, 0.1) is 5.76 Å². The molecule has 0 unspecified atom stereocenters. The minimum Gasteiger partial charge on any atom is -0.490 e. The Labute approximate surface area is 139 Å². The molecule has 0 atom stereocenters. The van der Waals surface area contributed by atoms with Crippen LogP contribution >= 0.6 is 0 Å². The van der Waals surface area contributed by atoms with Crippen molar-refractivity contribution >= 4 is 12.5 Å². The molecule has 0 radical (unpaired) electrons. The molecule has 1 aliphatic rings. The number of carbonyl (C=O) groups excluding carboxylic acids is 1. The summed E-state index contributed by atoms with van der Waals surface area (Å²) in [5.74, 6) is 1.20. The molecule has 0 amide bonds. The second-order valence-electron chi connectivity index (χ2n) is 6.58. The zero-order chi connectivity index (χ0) is 17.4. The van der Waals surface area contributed by atoms with Crippen molar-refractivity contribution in [3.8, 4) is 0 Å². The van der Waals surface area contributed by atoms with E-state index in [2.05, 4.69) is 30.9 Å². The van der Waals surface area contributed by atoms with Crippen LogP contribution in [-0.4, -0.2) is 37.3 Å². The number of carbonyl (C=O) groups is 1. The van der Waals surface area contributed by atoms with E-state index in [0.717, 1.165) is 12.8 Å². The van der Waals surface area contributed by atoms with Crippen molar-refractivity contribution < 1.29 is 14.3 Å². The Morgan fingerprint density at radius 2 is 1.96 bits per heavy atom. The number of ketones is 1. The van der Waals surface area contributed by atoms with Crippen molar-refractivity contribution in [1.29, 1.82) is 0 Å². The van der Waals surface area contributed by atoms with Gasteiger partial charge >= 0.3 is 0 Å². The third-order valence-electron chi connectivity index (χ3n) is 3.65. The standard InChI is InChI=1S/C18H30N2O3/c1-12(2)17(21)11-22-14(5)7-8-18(19-6)23-16-9-15(10-16)20-13(3)4/h7-8,12-13,15-16,20H,6,9-11H2,1-5H3/b14-7+,18-8+/t15-,16+. The third-order valence-corrected chi connectivity index (χ3v) is 3.65. The zero-order valence-electron chi connectivity index (χ0n) is 15.0. The van der Waals surface area contributed by atoms with Crippen LogP contribution in [0.1, 0.15) is 47.5 Å². The number of rotatable bonds is 10. The number of nitrogens with one attached hydrogen (secondary N) is 1. The van der Waals surface area contributed by atoms with Crippen LogP contribution in [0.2, 0.25) is 0 Å². The van der Waals surface area contributed by atoms with Crippen molar-refractivity contribution in [3.05, 3.63) is 23.8 Å². The fraction of sp³-hybridized carbons (Fsp3) is 0.667. The summed E-state index contributed by atoms with van der Waals surface area (Å²) in [6, 6.07) is 1.01. The van der Waals surface area contributed by atoms with Crippen LogP contribution in [0.4, 0.5) is 0 Å². The van der Waals surface area contributed by atoms with Gasteiger partial charge in [-0.25, -0.2) is 4.99 Å². The van der Waals surface area contributed by atoms with Gasteiger partial charge in [-0.3, -0.25) is 4.79 Å². The molecule has 0 spiro atoms. The van der Waals surface area contributed by atoms with Gasteiger partial charge in [-0.1, -0.05) is 27.7 Å². The summed E-state index contributed by atoms with van der Waals surface area (Å²) in [7, 11) is 0. The quantitative estimate of drug-likeness (QED) is 0.381. The monoisotopic (exact) mass is 322 g/mol. The fourth-order valence-electron chi connectivity index (χ4n) is 2.16. The molecule has 1 rings (SSSR count). The Morgan fingerprint density at radius 3 is 2.48 bits per heavy atom. The summed E-state index contributed by atoms with van der Waals surface area (Å²) in [4.78, 5) is 15.4. The molecule has 0 aromatic carbocycles. The van der Waals surface area contributed by atoms with Crippen molar-refractivity contribution in [2.45, 2.75) is 65.6 Å². The van der Waals surface area contributed by atoms with E-state index in [1.165, 1.54) is 0 Å². The van der Waals surface area contributed by atoms with Gasteiger partial charge < -0.3 is 14.8 Å². The second kappa shape index (κ2) is 9.50. The van der Waals surface area contributed by atoms with Crippen LogP contribution in [0, 0.1) is 5.92 Å². The molecule has 1 aliphatic carbocycles. The summed E-state index contributed by atoms with van der Waals surface area (Å²) in [5.41, 5.74) is 0. The lowest BCUT2D eigenvalue weighted by molar-refractivity contribution is -0.125. The Balaban J connectivity index is 2.39. The molecule has 1 saturated carbocycles. The van der Waals surface area contributed by atoms with Crippen LogP contribution in [-0.2, 0) is 14.3 Å². The van der Waals surface area contributed by atoms with E-state index in [4.69, 9.17) is 9.47 Å². The maximum absolute atomic E-state index is 11.5. The average Bonchev–Trinajstić information content (AvgIpc) is 2.45. The van der Waals surface area contributed by atoms with Crippen molar-refractivity contribution in [1.82, 2.24) is 5.32 Å². The minimum atomic E-state index is -0.0157. The average molecular weight is 322 g/mol. The molecule has 0 aromatic heterocycles. The second-order valence-corrected chi connectivity index (χ2v) is 6.58. The molecule has 0 bridgehead atoms. The number of Topliss-reactive ketones (excluding diaryl/α,β-unsaturated/α-hetero) is 1. The predicted octanol–water partition coefficient (Wildman–Crippen LogP) is 3.22. The Hall–Kier alpha value is -1.62. The molecule has 5 nitrogen and oxygen atoms in total. The van der Waals surface area contributed by atoms with Crippen LogP contribution in [0.3, 0.4) is 0 Å². The van der Waals surface area contributed by atoms with Crippen molar-refractivity contribution in [2.75, 3.05) is 6.61 Å². The highest BCUT2D eigenvalue weighted by atomic mass is 16.5. The number of hydrogen-bond acceptors (Lipinski definition) is 5. The first kappa shape index (κ1) is 19.4. The van der Waals surface area contributed by atoms with Crippen molar-refractivity contribution in [3.63, 3.8) is 0 Å². The van der Waals surface area contributed by atoms with Gasteiger partial charge in [0, 0.05) is 24.1 Å². The molecule has 130 valence electrons. The zero-order valence-corrected chi connectivity index (χ0v) is 15.0. The molecule has 0 aromatic rings. The van der Waals surface area contributed by atoms with E-state index in [1.54, 1.807) is 19.1 Å². The van der Waals surface area contributed by atoms with E-state index in [9.17, 15) is 4.79 Å². The SMILES string of the molecule is C=N/C(=C\C=C(/C)OCC(=O)C(C)C)O[C@H]1C[C@@H](NC(C)C)C1. The van der Waals surface area contributed by atoms with E-state index in [0.29, 0.717) is 23.7 Å². The first-order valence-corrected chi connectivity index (χ1v) is 8.25. The third kappa shape index (κ3) is 7.46. The van der Waals surface area contributed by atoms with Crippen LogP contribution < -0.4 is 5.32 Å². The summed E-state index contributed by atoms with van der Waals surface area (Å²) in [5, 5.41) is 3.48. The highest BCUT2D eigenvalue weighted by Crippen LogP contribution is 2.26. The summed E-state index contributed by atoms with van der Waals surface area (Å²) < 4.78 is 11.2. The fourth-order valence-corrected chi connectivity index (χ4v) is 2.16. The summed E-state index contributed by atoms with van der Waals surface area (Å²) in [6.07, 6.45) is 5.62. The lowest BCUT2D eigenvalue weighted by Gasteiger charge is -2.37. The molecular weight excluding hydrogens is 292 g/mol.